The number of carbonyl (C=O) groups excluding carboxylic acids is 2. The SMILES string of the molecule is Cc1ccc(CC2NNC(SCC(=O)Nc3cccc(Cl)c3)NC2=O)cc1. The van der Waals surface area contributed by atoms with Crippen molar-refractivity contribution in [3.05, 3.63) is 64.7 Å². The van der Waals surface area contributed by atoms with Gasteiger partial charge in [0.05, 0.1) is 5.75 Å². The second-order valence-electron chi connectivity index (χ2n) is 6.29. The summed E-state index contributed by atoms with van der Waals surface area (Å²) in [7, 11) is 0. The van der Waals surface area contributed by atoms with E-state index in [1.807, 2.05) is 31.2 Å². The molecule has 4 N–H and O–H groups in total. The summed E-state index contributed by atoms with van der Waals surface area (Å²) in [6.07, 6.45) is 0.589. The molecule has 2 unspecified atom stereocenters. The van der Waals surface area contributed by atoms with Gasteiger partial charge in [0.1, 0.15) is 11.5 Å². The Hall–Kier alpha value is -2.06. The lowest BCUT2D eigenvalue weighted by Gasteiger charge is -2.31. The van der Waals surface area contributed by atoms with Crippen molar-refractivity contribution in [2.24, 2.45) is 0 Å². The minimum absolute atomic E-state index is 0.0953. The maximum Gasteiger partial charge on any atom is 0.240 e. The number of thioether (sulfide) groups is 1. The molecule has 1 saturated heterocycles. The number of halogens is 1. The standard InChI is InChI=1S/C19H21ClN4O2S/c1-12-5-7-13(8-6-12)9-16-18(26)22-19(24-23-16)27-11-17(25)21-15-4-2-3-14(20)10-15/h2-8,10,16,19,23-24H,9,11H2,1H3,(H,21,25)(H,22,26). The molecule has 2 aromatic rings. The van der Waals surface area contributed by atoms with E-state index in [4.69, 9.17) is 11.6 Å². The van der Waals surface area contributed by atoms with E-state index in [-0.39, 0.29) is 29.1 Å². The highest BCUT2D eigenvalue weighted by molar-refractivity contribution is 8.00. The molecule has 1 heterocycles. The maximum absolute atomic E-state index is 12.3. The average molecular weight is 405 g/mol. The summed E-state index contributed by atoms with van der Waals surface area (Å²) in [6.45, 7) is 2.03. The van der Waals surface area contributed by atoms with Crippen LogP contribution in [0.3, 0.4) is 0 Å². The zero-order chi connectivity index (χ0) is 19.2. The third-order valence-electron chi connectivity index (χ3n) is 4.03. The van der Waals surface area contributed by atoms with Crippen LogP contribution in [0.4, 0.5) is 5.69 Å². The lowest BCUT2D eigenvalue weighted by molar-refractivity contribution is -0.125. The molecule has 2 amide bonds. The van der Waals surface area contributed by atoms with E-state index in [2.05, 4.69) is 21.5 Å². The van der Waals surface area contributed by atoms with Gasteiger partial charge >= 0.3 is 0 Å². The zero-order valence-electron chi connectivity index (χ0n) is 14.8. The van der Waals surface area contributed by atoms with Gasteiger partial charge in [-0.15, -0.1) is 11.8 Å². The lowest BCUT2D eigenvalue weighted by Crippen LogP contribution is -2.64. The molecule has 0 aliphatic carbocycles. The summed E-state index contributed by atoms with van der Waals surface area (Å²) in [5.74, 6) is -0.0726. The van der Waals surface area contributed by atoms with E-state index in [1.165, 1.54) is 17.3 Å². The number of benzene rings is 2. The second-order valence-corrected chi connectivity index (χ2v) is 7.82. The molecule has 0 radical (unpaired) electrons. The first-order valence-corrected chi connectivity index (χ1v) is 9.96. The van der Waals surface area contributed by atoms with E-state index >= 15 is 0 Å². The van der Waals surface area contributed by atoms with Crippen LogP contribution in [0.2, 0.25) is 5.02 Å². The molecule has 27 heavy (non-hydrogen) atoms. The van der Waals surface area contributed by atoms with Crippen molar-refractivity contribution < 1.29 is 9.59 Å². The molecule has 8 heteroatoms. The molecule has 2 aromatic carbocycles. The summed E-state index contributed by atoms with van der Waals surface area (Å²) in [6, 6.07) is 14.7. The molecular weight excluding hydrogens is 384 g/mol. The molecule has 1 aliphatic heterocycles. The van der Waals surface area contributed by atoms with Gasteiger partial charge in [-0.2, -0.15) is 0 Å². The Morgan fingerprint density at radius 1 is 1.19 bits per heavy atom. The molecule has 0 bridgehead atoms. The molecular formula is C19H21ClN4O2S. The number of hydrazine groups is 1. The fourth-order valence-electron chi connectivity index (χ4n) is 2.62. The van der Waals surface area contributed by atoms with Gasteiger partial charge in [-0.05, 0) is 37.1 Å². The van der Waals surface area contributed by atoms with E-state index in [9.17, 15) is 9.59 Å². The molecule has 0 spiro atoms. The van der Waals surface area contributed by atoms with Crippen LogP contribution in [0.15, 0.2) is 48.5 Å². The summed E-state index contributed by atoms with van der Waals surface area (Å²) >= 11 is 7.19. The van der Waals surface area contributed by atoms with Gasteiger partial charge in [-0.25, -0.2) is 10.9 Å². The number of nitrogens with one attached hydrogen (secondary N) is 4. The van der Waals surface area contributed by atoms with Crippen LogP contribution in [0.25, 0.3) is 0 Å². The Morgan fingerprint density at radius 3 is 2.67 bits per heavy atom. The monoisotopic (exact) mass is 404 g/mol. The highest BCUT2D eigenvalue weighted by atomic mass is 35.5. The Kier molecular flexibility index (Phi) is 6.73. The minimum atomic E-state index is -0.378. The number of anilines is 1. The Morgan fingerprint density at radius 2 is 1.96 bits per heavy atom. The van der Waals surface area contributed by atoms with E-state index in [0.717, 1.165) is 5.56 Å². The van der Waals surface area contributed by atoms with Crippen LogP contribution in [0.5, 0.6) is 0 Å². The summed E-state index contributed by atoms with van der Waals surface area (Å²) in [5.41, 5.74) is 8.61. The van der Waals surface area contributed by atoms with Crippen LogP contribution in [0, 0.1) is 6.92 Å². The fourth-order valence-corrected chi connectivity index (χ4v) is 3.55. The van der Waals surface area contributed by atoms with Crippen molar-refractivity contribution in [3.63, 3.8) is 0 Å². The van der Waals surface area contributed by atoms with Crippen LogP contribution in [0.1, 0.15) is 11.1 Å². The molecule has 6 nitrogen and oxygen atoms in total. The van der Waals surface area contributed by atoms with Crippen molar-refractivity contribution in [2.45, 2.75) is 24.9 Å². The maximum atomic E-state index is 12.3. The first-order valence-electron chi connectivity index (χ1n) is 8.53. The quantitative estimate of drug-likeness (QED) is 0.594. The highest BCUT2D eigenvalue weighted by Gasteiger charge is 2.27. The molecule has 3 rings (SSSR count). The van der Waals surface area contributed by atoms with Gasteiger partial charge in [0.15, 0.2) is 0 Å². The normalized spacial score (nSPS) is 19.4. The second kappa shape index (κ2) is 9.23. The molecule has 0 saturated carbocycles. The minimum Gasteiger partial charge on any atom is -0.329 e. The van der Waals surface area contributed by atoms with Gasteiger partial charge in [0, 0.05) is 10.7 Å². The first-order chi connectivity index (χ1) is 13.0. The zero-order valence-corrected chi connectivity index (χ0v) is 16.4. The van der Waals surface area contributed by atoms with Gasteiger partial charge in [-0.3, -0.25) is 9.59 Å². The van der Waals surface area contributed by atoms with E-state index < -0.39 is 0 Å². The third-order valence-corrected chi connectivity index (χ3v) is 5.26. The van der Waals surface area contributed by atoms with Crippen LogP contribution >= 0.6 is 23.4 Å². The smallest absolute Gasteiger partial charge is 0.240 e. The van der Waals surface area contributed by atoms with Crippen LogP contribution in [-0.4, -0.2) is 29.1 Å². The number of hydrogen-bond donors (Lipinski definition) is 4. The topological polar surface area (TPSA) is 82.3 Å². The number of hydrogen-bond acceptors (Lipinski definition) is 5. The van der Waals surface area contributed by atoms with Crippen molar-refractivity contribution >= 4 is 40.9 Å². The largest absolute Gasteiger partial charge is 0.329 e. The number of rotatable bonds is 6. The number of amides is 2. The van der Waals surface area contributed by atoms with Gasteiger partial charge in [0.25, 0.3) is 0 Å². The summed E-state index contributed by atoms with van der Waals surface area (Å²) in [5, 5.41) is 6.21. The van der Waals surface area contributed by atoms with Gasteiger partial charge in [0.2, 0.25) is 11.8 Å². The van der Waals surface area contributed by atoms with Gasteiger partial charge < -0.3 is 10.6 Å². The molecule has 1 fully saturated rings. The van der Waals surface area contributed by atoms with Crippen molar-refractivity contribution in [3.8, 4) is 0 Å². The van der Waals surface area contributed by atoms with E-state index in [1.54, 1.807) is 24.3 Å². The van der Waals surface area contributed by atoms with Crippen LogP contribution in [-0.2, 0) is 16.0 Å². The third kappa shape index (κ3) is 5.97. The first kappa shape index (κ1) is 19.7. The molecule has 0 aromatic heterocycles. The average Bonchev–Trinajstić information content (AvgIpc) is 2.64. The lowest BCUT2D eigenvalue weighted by atomic mass is 10.0. The van der Waals surface area contributed by atoms with Crippen LogP contribution < -0.4 is 21.5 Å². The molecule has 2 atom stereocenters. The van der Waals surface area contributed by atoms with Crippen molar-refractivity contribution in [2.75, 3.05) is 11.1 Å². The predicted molar refractivity (Wildman–Crippen MR) is 109 cm³/mol. The van der Waals surface area contributed by atoms with Crippen molar-refractivity contribution in [1.82, 2.24) is 16.2 Å². The molecule has 1 aliphatic rings. The Labute approximate surface area is 167 Å². The highest BCUT2D eigenvalue weighted by Crippen LogP contribution is 2.16. The fraction of sp³-hybridized carbons (Fsp3) is 0.263. The molecule has 142 valence electrons. The Balaban J connectivity index is 1.43. The Bertz CT molecular complexity index is 816. The van der Waals surface area contributed by atoms with E-state index in [0.29, 0.717) is 17.1 Å². The van der Waals surface area contributed by atoms with Gasteiger partial charge in [-0.1, -0.05) is 47.5 Å². The number of carbonyl (C=O) groups is 2. The summed E-state index contributed by atoms with van der Waals surface area (Å²) in [4.78, 5) is 24.4. The van der Waals surface area contributed by atoms with Crippen molar-refractivity contribution in [1.29, 1.82) is 0 Å². The number of aryl methyl sites for hydroxylation is 1. The predicted octanol–water partition coefficient (Wildman–Crippen LogP) is 2.44. The summed E-state index contributed by atoms with van der Waals surface area (Å²) < 4.78 is 0.